The molecule has 1 saturated carbocycles. The summed E-state index contributed by atoms with van der Waals surface area (Å²) in [6.45, 7) is 3.24. The van der Waals surface area contributed by atoms with Crippen molar-refractivity contribution in [2.75, 3.05) is 12.3 Å². The Morgan fingerprint density at radius 2 is 2.28 bits per heavy atom. The fourth-order valence-electron chi connectivity index (χ4n) is 2.29. The SMILES string of the molecule is CCNC(CSc1nc2ccccc2[nH]1)C1CC1. The predicted octanol–water partition coefficient (Wildman–Crippen LogP) is 3.04. The molecule has 0 amide bonds. The first-order valence-electron chi connectivity index (χ1n) is 6.67. The first-order valence-corrected chi connectivity index (χ1v) is 7.66. The van der Waals surface area contributed by atoms with Crippen LogP contribution in [-0.4, -0.2) is 28.3 Å². The van der Waals surface area contributed by atoms with Crippen LogP contribution in [0.4, 0.5) is 0 Å². The number of H-pyrrole nitrogens is 1. The van der Waals surface area contributed by atoms with Crippen molar-refractivity contribution in [1.82, 2.24) is 15.3 Å². The van der Waals surface area contributed by atoms with E-state index in [9.17, 15) is 0 Å². The highest BCUT2D eigenvalue weighted by Gasteiger charge is 2.30. The summed E-state index contributed by atoms with van der Waals surface area (Å²) in [7, 11) is 0. The summed E-state index contributed by atoms with van der Waals surface area (Å²) in [5.41, 5.74) is 2.19. The van der Waals surface area contributed by atoms with Gasteiger partial charge in [0.15, 0.2) is 5.16 Å². The zero-order valence-electron chi connectivity index (χ0n) is 10.6. The minimum atomic E-state index is 0.646. The number of fused-ring (bicyclic) bond motifs is 1. The molecular formula is C14H19N3S. The average molecular weight is 261 g/mol. The maximum absolute atomic E-state index is 4.60. The summed E-state index contributed by atoms with van der Waals surface area (Å²) in [6.07, 6.45) is 2.77. The fraction of sp³-hybridized carbons (Fsp3) is 0.500. The molecule has 1 heterocycles. The maximum Gasteiger partial charge on any atom is 0.166 e. The number of imidazole rings is 1. The highest BCUT2D eigenvalue weighted by atomic mass is 32.2. The van der Waals surface area contributed by atoms with Gasteiger partial charge < -0.3 is 10.3 Å². The monoisotopic (exact) mass is 261 g/mol. The van der Waals surface area contributed by atoms with Crippen molar-refractivity contribution >= 4 is 22.8 Å². The summed E-state index contributed by atoms with van der Waals surface area (Å²) in [5, 5.41) is 4.63. The van der Waals surface area contributed by atoms with Gasteiger partial charge in [-0.3, -0.25) is 0 Å². The lowest BCUT2D eigenvalue weighted by molar-refractivity contribution is 0.519. The van der Waals surface area contributed by atoms with Gasteiger partial charge in [-0.2, -0.15) is 0 Å². The van der Waals surface area contributed by atoms with E-state index in [0.717, 1.165) is 34.4 Å². The molecule has 2 aromatic rings. The van der Waals surface area contributed by atoms with Crippen LogP contribution in [-0.2, 0) is 0 Å². The lowest BCUT2D eigenvalue weighted by Gasteiger charge is -2.15. The van der Waals surface area contributed by atoms with Crippen LogP contribution in [0.1, 0.15) is 19.8 Å². The van der Waals surface area contributed by atoms with Crippen molar-refractivity contribution in [3.8, 4) is 0 Å². The van der Waals surface area contributed by atoms with Gasteiger partial charge in [-0.25, -0.2) is 4.98 Å². The zero-order chi connectivity index (χ0) is 12.4. The number of aromatic amines is 1. The minimum absolute atomic E-state index is 0.646. The molecular weight excluding hydrogens is 242 g/mol. The van der Waals surface area contributed by atoms with Crippen molar-refractivity contribution in [2.24, 2.45) is 5.92 Å². The molecule has 96 valence electrons. The molecule has 1 unspecified atom stereocenters. The smallest absolute Gasteiger partial charge is 0.166 e. The third-order valence-electron chi connectivity index (χ3n) is 3.42. The van der Waals surface area contributed by atoms with Gasteiger partial charge in [-0.15, -0.1) is 0 Å². The van der Waals surface area contributed by atoms with E-state index in [-0.39, 0.29) is 0 Å². The Bertz CT molecular complexity index is 485. The summed E-state index contributed by atoms with van der Waals surface area (Å²) in [4.78, 5) is 7.98. The highest BCUT2D eigenvalue weighted by molar-refractivity contribution is 7.99. The molecule has 2 N–H and O–H groups in total. The minimum Gasteiger partial charge on any atom is -0.333 e. The largest absolute Gasteiger partial charge is 0.333 e. The van der Waals surface area contributed by atoms with Gasteiger partial charge in [0.25, 0.3) is 0 Å². The maximum atomic E-state index is 4.60. The summed E-state index contributed by atoms with van der Waals surface area (Å²) < 4.78 is 0. The van der Waals surface area contributed by atoms with Crippen molar-refractivity contribution in [3.63, 3.8) is 0 Å². The molecule has 1 aromatic carbocycles. The van der Waals surface area contributed by atoms with E-state index in [2.05, 4.69) is 34.3 Å². The molecule has 0 bridgehead atoms. The summed E-state index contributed by atoms with van der Waals surface area (Å²) in [6, 6.07) is 8.85. The Labute approximate surface area is 112 Å². The van der Waals surface area contributed by atoms with E-state index < -0.39 is 0 Å². The van der Waals surface area contributed by atoms with E-state index in [1.807, 2.05) is 23.9 Å². The van der Waals surface area contributed by atoms with Gasteiger partial charge in [0.2, 0.25) is 0 Å². The molecule has 3 nitrogen and oxygen atoms in total. The van der Waals surface area contributed by atoms with Crippen LogP contribution < -0.4 is 5.32 Å². The second kappa shape index (κ2) is 5.33. The predicted molar refractivity (Wildman–Crippen MR) is 77.0 cm³/mol. The van der Waals surface area contributed by atoms with E-state index >= 15 is 0 Å². The average Bonchev–Trinajstić information content (AvgIpc) is 3.13. The van der Waals surface area contributed by atoms with Crippen molar-refractivity contribution in [2.45, 2.75) is 31.0 Å². The molecule has 1 atom stereocenters. The Balaban J connectivity index is 1.64. The van der Waals surface area contributed by atoms with Crippen molar-refractivity contribution in [3.05, 3.63) is 24.3 Å². The molecule has 0 spiro atoms. The van der Waals surface area contributed by atoms with Crippen LogP contribution in [0.3, 0.4) is 0 Å². The number of benzene rings is 1. The summed E-state index contributed by atoms with van der Waals surface area (Å²) >= 11 is 1.83. The molecule has 4 heteroatoms. The fourth-order valence-corrected chi connectivity index (χ4v) is 3.36. The molecule has 0 aliphatic heterocycles. The van der Waals surface area contributed by atoms with E-state index in [1.165, 1.54) is 12.8 Å². The number of aromatic nitrogens is 2. The third kappa shape index (κ3) is 2.70. The van der Waals surface area contributed by atoms with Gasteiger partial charge in [0.1, 0.15) is 0 Å². The molecule has 1 fully saturated rings. The van der Waals surface area contributed by atoms with Gasteiger partial charge in [-0.1, -0.05) is 30.8 Å². The van der Waals surface area contributed by atoms with Crippen LogP contribution in [0.5, 0.6) is 0 Å². The molecule has 0 saturated heterocycles. The number of thioether (sulfide) groups is 1. The van der Waals surface area contributed by atoms with Crippen LogP contribution >= 0.6 is 11.8 Å². The molecule has 0 radical (unpaired) electrons. The van der Waals surface area contributed by atoms with Crippen LogP contribution in [0.2, 0.25) is 0 Å². The Hall–Kier alpha value is -1.00. The number of para-hydroxylation sites is 2. The number of hydrogen-bond acceptors (Lipinski definition) is 3. The van der Waals surface area contributed by atoms with Crippen LogP contribution in [0, 0.1) is 5.92 Å². The lowest BCUT2D eigenvalue weighted by atomic mass is 10.2. The number of rotatable bonds is 6. The normalized spacial score (nSPS) is 17.2. The second-order valence-corrected chi connectivity index (χ2v) is 5.88. The Morgan fingerprint density at radius 1 is 1.44 bits per heavy atom. The van der Waals surface area contributed by atoms with Gasteiger partial charge in [-0.05, 0) is 37.4 Å². The first-order chi connectivity index (χ1) is 8.86. The van der Waals surface area contributed by atoms with Crippen LogP contribution in [0.15, 0.2) is 29.4 Å². The van der Waals surface area contributed by atoms with Gasteiger partial charge in [0, 0.05) is 11.8 Å². The van der Waals surface area contributed by atoms with Gasteiger partial charge in [0.05, 0.1) is 11.0 Å². The lowest BCUT2D eigenvalue weighted by Crippen LogP contribution is -2.33. The molecule has 1 aliphatic rings. The van der Waals surface area contributed by atoms with E-state index in [4.69, 9.17) is 0 Å². The van der Waals surface area contributed by atoms with Crippen LogP contribution in [0.25, 0.3) is 11.0 Å². The third-order valence-corrected chi connectivity index (χ3v) is 4.42. The molecule has 1 aromatic heterocycles. The van der Waals surface area contributed by atoms with E-state index in [0.29, 0.717) is 6.04 Å². The van der Waals surface area contributed by atoms with E-state index in [1.54, 1.807) is 0 Å². The number of nitrogens with one attached hydrogen (secondary N) is 2. The van der Waals surface area contributed by atoms with Gasteiger partial charge >= 0.3 is 0 Å². The quantitative estimate of drug-likeness (QED) is 0.785. The summed E-state index contributed by atoms with van der Waals surface area (Å²) in [5.74, 6) is 2.00. The number of hydrogen-bond donors (Lipinski definition) is 2. The van der Waals surface area contributed by atoms with Crippen molar-refractivity contribution in [1.29, 1.82) is 0 Å². The molecule has 3 rings (SSSR count). The zero-order valence-corrected chi connectivity index (χ0v) is 11.5. The van der Waals surface area contributed by atoms with Crippen molar-refractivity contribution < 1.29 is 0 Å². The number of nitrogens with zero attached hydrogens (tertiary/aromatic N) is 1. The second-order valence-electron chi connectivity index (χ2n) is 4.87. The molecule has 18 heavy (non-hydrogen) atoms. The highest BCUT2D eigenvalue weighted by Crippen LogP contribution is 2.35. The molecule has 1 aliphatic carbocycles. The Morgan fingerprint density at radius 3 is 3.00 bits per heavy atom. The first kappa shape index (κ1) is 12.1. The topological polar surface area (TPSA) is 40.7 Å². The standard InChI is InChI=1S/C14H19N3S/c1-2-15-13(10-7-8-10)9-18-14-16-11-5-3-4-6-12(11)17-14/h3-6,10,13,15H,2,7-9H2,1H3,(H,16,17). The Kier molecular flexibility index (Phi) is 3.57.